The van der Waals surface area contributed by atoms with Crippen LogP contribution in [0.5, 0.6) is 0 Å². The van der Waals surface area contributed by atoms with E-state index in [0.29, 0.717) is 5.56 Å². The first-order valence-electron chi connectivity index (χ1n) is 6.39. The molecule has 0 heterocycles. The Morgan fingerprint density at radius 2 is 1.87 bits per heavy atom. The minimum absolute atomic E-state index is 0.0679. The van der Waals surface area contributed by atoms with Gasteiger partial charge < -0.3 is 5.11 Å². The fourth-order valence-electron chi connectivity index (χ4n) is 1.91. The molecule has 1 N–H and O–H groups in total. The first-order chi connectivity index (χ1) is 10.9. The summed E-state index contributed by atoms with van der Waals surface area (Å²) in [6.07, 6.45) is 2.57. The number of nitro groups is 1. The highest BCUT2D eigenvalue weighted by atomic mass is 35.5. The summed E-state index contributed by atoms with van der Waals surface area (Å²) in [5.41, 5.74) is 0.327. The summed E-state index contributed by atoms with van der Waals surface area (Å²) in [5.74, 6) is -1.54. The van der Waals surface area contributed by atoms with E-state index in [-0.39, 0.29) is 21.8 Å². The second kappa shape index (κ2) is 6.85. The molecule has 7 heteroatoms. The third-order valence-corrected chi connectivity index (χ3v) is 3.34. The molecule has 0 aromatic heterocycles. The van der Waals surface area contributed by atoms with Crippen LogP contribution in [0.1, 0.15) is 26.3 Å². The van der Waals surface area contributed by atoms with Crippen LogP contribution in [0.2, 0.25) is 5.02 Å². The summed E-state index contributed by atoms with van der Waals surface area (Å²) < 4.78 is 0. The molecule has 2 aromatic carbocycles. The van der Waals surface area contributed by atoms with E-state index < -0.39 is 16.7 Å². The molecule has 0 atom stereocenters. The van der Waals surface area contributed by atoms with E-state index in [1.807, 2.05) is 0 Å². The highest BCUT2D eigenvalue weighted by Crippen LogP contribution is 2.25. The van der Waals surface area contributed by atoms with E-state index >= 15 is 0 Å². The standard InChI is InChI=1S/C16H10ClNO5/c17-13-9-11(5-7-14(13)18(22)23)15(19)8-6-10-3-1-2-4-12(10)16(20)21/h1-9H,(H,20,21)/b8-6+. The molecular weight excluding hydrogens is 322 g/mol. The normalized spacial score (nSPS) is 10.7. The smallest absolute Gasteiger partial charge is 0.336 e. The van der Waals surface area contributed by atoms with Gasteiger partial charge >= 0.3 is 5.97 Å². The second-order valence-electron chi connectivity index (χ2n) is 4.51. The highest BCUT2D eigenvalue weighted by Gasteiger charge is 2.14. The SMILES string of the molecule is O=C(/C=C/c1ccccc1C(=O)O)c1ccc([N+](=O)[O-])c(Cl)c1. The minimum atomic E-state index is -1.10. The second-order valence-corrected chi connectivity index (χ2v) is 4.92. The Bertz CT molecular complexity index is 829. The van der Waals surface area contributed by atoms with Crippen molar-refractivity contribution in [3.8, 4) is 0 Å². The molecule has 0 aliphatic heterocycles. The number of rotatable bonds is 5. The van der Waals surface area contributed by atoms with Crippen molar-refractivity contribution in [3.05, 3.63) is 80.4 Å². The highest BCUT2D eigenvalue weighted by molar-refractivity contribution is 6.33. The maximum atomic E-state index is 12.1. The molecular formula is C16H10ClNO5. The molecule has 0 spiro atoms. The van der Waals surface area contributed by atoms with Crippen molar-refractivity contribution in [3.63, 3.8) is 0 Å². The Balaban J connectivity index is 2.28. The number of nitro benzene ring substituents is 1. The van der Waals surface area contributed by atoms with E-state index in [1.165, 1.54) is 30.4 Å². The minimum Gasteiger partial charge on any atom is -0.478 e. The molecule has 0 radical (unpaired) electrons. The van der Waals surface area contributed by atoms with Gasteiger partial charge in [-0.15, -0.1) is 0 Å². The van der Waals surface area contributed by atoms with Gasteiger partial charge in [0.25, 0.3) is 5.69 Å². The maximum Gasteiger partial charge on any atom is 0.336 e. The summed E-state index contributed by atoms with van der Waals surface area (Å²) >= 11 is 5.76. The molecule has 6 nitrogen and oxygen atoms in total. The number of allylic oxidation sites excluding steroid dienone is 1. The van der Waals surface area contributed by atoms with Gasteiger partial charge in [0, 0.05) is 11.6 Å². The van der Waals surface area contributed by atoms with Crippen molar-refractivity contribution < 1.29 is 19.6 Å². The largest absolute Gasteiger partial charge is 0.478 e. The lowest BCUT2D eigenvalue weighted by molar-refractivity contribution is -0.384. The molecule has 0 fully saturated rings. The number of carboxylic acids is 1. The lowest BCUT2D eigenvalue weighted by Gasteiger charge is -2.01. The van der Waals surface area contributed by atoms with Crippen molar-refractivity contribution in [1.29, 1.82) is 0 Å². The Labute approximate surface area is 135 Å². The average molecular weight is 332 g/mol. The van der Waals surface area contributed by atoms with E-state index in [4.69, 9.17) is 16.7 Å². The van der Waals surface area contributed by atoms with Crippen LogP contribution in [0.25, 0.3) is 6.08 Å². The van der Waals surface area contributed by atoms with Crippen molar-refractivity contribution >= 4 is 35.1 Å². The van der Waals surface area contributed by atoms with Gasteiger partial charge in [0.1, 0.15) is 5.02 Å². The molecule has 23 heavy (non-hydrogen) atoms. The quantitative estimate of drug-likeness (QED) is 0.388. The fourth-order valence-corrected chi connectivity index (χ4v) is 2.16. The van der Waals surface area contributed by atoms with Crippen molar-refractivity contribution in [2.75, 3.05) is 0 Å². The van der Waals surface area contributed by atoms with Gasteiger partial charge in [-0.2, -0.15) is 0 Å². The van der Waals surface area contributed by atoms with Crippen LogP contribution in [0.15, 0.2) is 48.5 Å². The summed E-state index contributed by atoms with van der Waals surface area (Å²) in [6, 6.07) is 9.87. The van der Waals surface area contributed by atoms with Gasteiger partial charge in [0.15, 0.2) is 5.78 Å². The van der Waals surface area contributed by atoms with Crippen LogP contribution in [0.3, 0.4) is 0 Å². The van der Waals surface area contributed by atoms with Crippen LogP contribution in [0, 0.1) is 10.1 Å². The van der Waals surface area contributed by atoms with Gasteiger partial charge in [-0.05, 0) is 29.8 Å². The third-order valence-electron chi connectivity index (χ3n) is 3.03. The molecule has 116 valence electrons. The predicted molar refractivity (Wildman–Crippen MR) is 84.9 cm³/mol. The van der Waals surface area contributed by atoms with Crippen LogP contribution in [-0.2, 0) is 0 Å². The zero-order valence-corrected chi connectivity index (χ0v) is 12.4. The van der Waals surface area contributed by atoms with Crippen molar-refractivity contribution in [2.45, 2.75) is 0 Å². The van der Waals surface area contributed by atoms with E-state index in [2.05, 4.69) is 0 Å². The first-order valence-corrected chi connectivity index (χ1v) is 6.76. The van der Waals surface area contributed by atoms with Crippen molar-refractivity contribution in [1.82, 2.24) is 0 Å². The van der Waals surface area contributed by atoms with Crippen molar-refractivity contribution in [2.24, 2.45) is 0 Å². The van der Waals surface area contributed by atoms with Crippen LogP contribution < -0.4 is 0 Å². The summed E-state index contributed by atoms with van der Waals surface area (Å²) in [4.78, 5) is 33.2. The number of hydrogen-bond acceptors (Lipinski definition) is 4. The molecule has 2 aromatic rings. The number of carbonyl (C=O) groups is 2. The number of benzene rings is 2. The van der Waals surface area contributed by atoms with E-state index in [1.54, 1.807) is 18.2 Å². The zero-order chi connectivity index (χ0) is 17.0. The first kappa shape index (κ1) is 16.4. The molecule has 2 rings (SSSR count). The number of hydrogen-bond donors (Lipinski definition) is 1. The number of nitrogens with zero attached hydrogens (tertiary/aromatic N) is 1. The number of aromatic carboxylic acids is 1. The Morgan fingerprint density at radius 1 is 1.17 bits per heavy atom. The fraction of sp³-hybridized carbons (Fsp3) is 0. The third kappa shape index (κ3) is 3.81. The summed E-state index contributed by atoms with van der Waals surface area (Å²) in [5, 5.41) is 19.6. The Kier molecular flexibility index (Phi) is 4.88. The summed E-state index contributed by atoms with van der Waals surface area (Å²) in [6.45, 7) is 0. The number of carbonyl (C=O) groups excluding carboxylic acids is 1. The molecule has 0 aliphatic carbocycles. The number of halogens is 1. The van der Waals surface area contributed by atoms with Gasteiger partial charge in [-0.25, -0.2) is 4.79 Å². The van der Waals surface area contributed by atoms with Gasteiger partial charge in [-0.1, -0.05) is 35.9 Å². The molecule has 0 aliphatic rings. The van der Waals surface area contributed by atoms with Crippen LogP contribution >= 0.6 is 11.6 Å². The lowest BCUT2D eigenvalue weighted by atomic mass is 10.0. The zero-order valence-electron chi connectivity index (χ0n) is 11.6. The molecule has 0 saturated carbocycles. The summed E-state index contributed by atoms with van der Waals surface area (Å²) in [7, 11) is 0. The van der Waals surface area contributed by atoms with Gasteiger partial charge in [-0.3, -0.25) is 14.9 Å². The topological polar surface area (TPSA) is 97.5 Å². The van der Waals surface area contributed by atoms with Crippen LogP contribution in [-0.4, -0.2) is 21.8 Å². The predicted octanol–water partition coefficient (Wildman–Crippen LogP) is 3.84. The van der Waals surface area contributed by atoms with Gasteiger partial charge in [0.05, 0.1) is 10.5 Å². The number of carboxylic acid groups (broad SMARTS) is 1. The number of ketones is 1. The lowest BCUT2D eigenvalue weighted by Crippen LogP contribution is -2.00. The Morgan fingerprint density at radius 3 is 2.48 bits per heavy atom. The monoisotopic (exact) mass is 331 g/mol. The molecule has 0 bridgehead atoms. The van der Waals surface area contributed by atoms with Crippen LogP contribution in [0.4, 0.5) is 5.69 Å². The van der Waals surface area contributed by atoms with E-state index in [0.717, 1.165) is 6.07 Å². The maximum absolute atomic E-state index is 12.1. The molecule has 0 saturated heterocycles. The average Bonchev–Trinajstić information content (AvgIpc) is 2.52. The van der Waals surface area contributed by atoms with Gasteiger partial charge in [0.2, 0.25) is 0 Å². The Hall–Kier alpha value is -2.99. The molecule has 0 unspecified atom stereocenters. The van der Waals surface area contributed by atoms with E-state index in [9.17, 15) is 19.7 Å². The molecule has 0 amide bonds.